The molecule has 3 rings (SSSR count). The maximum absolute atomic E-state index is 12.5. The molecule has 1 aromatic heterocycles. The van der Waals surface area contributed by atoms with E-state index in [-0.39, 0.29) is 17.9 Å². The predicted octanol–water partition coefficient (Wildman–Crippen LogP) is 4.89. The SMILES string of the molecule is CSc1ccc([C@H](C)NC(=O)c2ccc(CNC(=O)c3cccs3)cc2)cc1. The molecule has 0 aliphatic carbocycles. The zero-order chi connectivity index (χ0) is 19.9. The lowest BCUT2D eigenvalue weighted by molar-refractivity contribution is 0.0935. The van der Waals surface area contributed by atoms with Crippen LogP contribution in [0, 0.1) is 0 Å². The molecule has 3 aromatic rings. The minimum absolute atomic E-state index is 0.0758. The topological polar surface area (TPSA) is 58.2 Å². The number of thiophene rings is 1. The van der Waals surface area contributed by atoms with Crippen molar-refractivity contribution < 1.29 is 9.59 Å². The van der Waals surface area contributed by atoms with Crippen LogP contribution in [0.3, 0.4) is 0 Å². The zero-order valence-electron chi connectivity index (χ0n) is 15.8. The van der Waals surface area contributed by atoms with E-state index in [9.17, 15) is 9.59 Å². The van der Waals surface area contributed by atoms with Crippen LogP contribution in [-0.4, -0.2) is 18.1 Å². The quantitative estimate of drug-likeness (QED) is 0.545. The van der Waals surface area contributed by atoms with Gasteiger partial charge in [0.1, 0.15) is 0 Å². The Hall–Kier alpha value is -2.57. The highest BCUT2D eigenvalue weighted by atomic mass is 32.2. The molecule has 0 spiro atoms. The largest absolute Gasteiger partial charge is 0.347 e. The monoisotopic (exact) mass is 410 g/mol. The number of amides is 2. The van der Waals surface area contributed by atoms with Crippen LogP contribution in [0.1, 0.15) is 44.1 Å². The number of thioether (sulfide) groups is 1. The average Bonchev–Trinajstić information content (AvgIpc) is 3.27. The summed E-state index contributed by atoms with van der Waals surface area (Å²) < 4.78 is 0. The number of rotatable bonds is 7. The normalized spacial score (nSPS) is 11.6. The van der Waals surface area contributed by atoms with Crippen LogP contribution in [0.4, 0.5) is 0 Å². The first-order chi connectivity index (χ1) is 13.6. The number of carbonyl (C=O) groups excluding carboxylic acids is 2. The lowest BCUT2D eigenvalue weighted by atomic mass is 10.1. The lowest BCUT2D eigenvalue weighted by Crippen LogP contribution is -2.26. The number of nitrogens with one attached hydrogen (secondary N) is 2. The Kier molecular flexibility index (Phi) is 6.90. The standard InChI is InChI=1S/C22H22N2O2S2/c1-15(17-9-11-19(27-2)12-10-17)24-21(25)18-7-5-16(6-8-18)14-23-22(26)20-4-3-13-28-20/h3-13,15H,14H2,1-2H3,(H,23,26)(H,24,25)/t15-/m0/s1. The maximum atomic E-state index is 12.5. The van der Waals surface area contributed by atoms with Crippen LogP contribution in [0.2, 0.25) is 0 Å². The summed E-state index contributed by atoms with van der Waals surface area (Å²) in [6.45, 7) is 2.40. The molecule has 28 heavy (non-hydrogen) atoms. The third kappa shape index (κ3) is 5.24. The number of carbonyl (C=O) groups is 2. The third-order valence-electron chi connectivity index (χ3n) is 4.38. The summed E-state index contributed by atoms with van der Waals surface area (Å²) in [6.07, 6.45) is 2.04. The highest BCUT2D eigenvalue weighted by molar-refractivity contribution is 7.98. The van der Waals surface area contributed by atoms with Gasteiger partial charge < -0.3 is 10.6 Å². The second-order valence-electron chi connectivity index (χ2n) is 6.33. The third-order valence-corrected chi connectivity index (χ3v) is 5.99. The molecule has 0 bridgehead atoms. The van der Waals surface area contributed by atoms with Gasteiger partial charge in [-0.1, -0.05) is 30.3 Å². The van der Waals surface area contributed by atoms with Crippen molar-refractivity contribution in [1.29, 1.82) is 0 Å². The van der Waals surface area contributed by atoms with E-state index in [1.165, 1.54) is 16.2 Å². The molecule has 2 N–H and O–H groups in total. The Morgan fingerprint density at radius 3 is 2.32 bits per heavy atom. The van der Waals surface area contributed by atoms with E-state index in [1.807, 2.05) is 48.9 Å². The van der Waals surface area contributed by atoms with Crippen LogP contribution >= 0.6 is 23.1 Å². The highest BCUT2D eigenvalue weighted by Crippen LogP contribution is 2.19. The number of benzene rings is 2. The number of hydrogen-bond donors (Lipinski definition) is 2. The summed E-state index contributed by atoms with van der Waals surface area (Å²) in [5.74, 6) is -0.200. The van der Waals surface area contributed by atoms with Gasteiger partial charge in [-0.2, -0.15) is 0 Å². The minimum atomic E-state index is -0.115. The molecule has 2 amide bonds. The Morgan fingerprint density at radius 2 is 1.71 bits per heavy atom. The first kappa shape index (κ1) is 20.2. The van der Waals surface area contributed by atoms with Crippen LogP contribution in [-0.2, 0) is 6.54 Å². The molecule has 0 aliphatic rings. The van der Waals surface area contributed by atoms with Crippen molar-refractivity contribution in [1.82, 2.24) is 10.6 Å². The molecule has 6 heteroatoms. The Balaban J connectivity index is 1.54. The van der Waals surface area contributed by atoms with E-state index in [0.717, 1.165) is 11.1 Å². The fourth-order valence-corrected chi connectivity index (χ4v) is 3.76. The van der Waals surface area contributed by atoms with E-state index in [1.54, 1.807) is 30.0 Å². The van der Waals surface area contributed by atoms with E-state index >= 15 is 0 Å². The molecular formula is C22H22N2O2S2. The predicted molar refractivity (Wildman–Crippen MR) is 116 cm³/mol. The van der Waals surface area contributed by atoms with Crippen molar-refractivity contribution in [3.8, 4) is 0 Å². The zero-order valence-corrected chi connectivity index (χ0v) is 17.4. The van der Waals surface area contributed by atoms with Gasteiger partial charge in [0, 0.05) is 17.0 Å². The van der Waals surface area contributed by atoms with Crippen LogP contribution in [0.15, 0.2) is 70.9 Å². The van der Waals surface area contributed by atoms with Gasteiger partial charge in [-0.25, -0.2) is 0 Å². The summed E-state index contributed by atoms with van der Waals surface area (Å²) in [7, 11) is 0. The Labute approximate surface area is 173 Å². The summed E-state index contributed by atoms with van der Waals surface area (Å²) in [6, 6.07) is 19.1. The molecule has 1 atom stereocenters. The van der Waals surface area contributed by atoms with Gasteiger partial charge in [0.25, 0.3) is 11.8 Å². The Morgan fingerprint density at radius 1 is 1.00 bits per heavy atom. The molecule has 0 fully saturated rings. The second kappa shape index (κ2) is 9.57. The van der Waals surface area contributed by atoms with Gasteiger partial charge in [0.2, 0.25) is 0 Å². The van der Waals surface area contributed by atoms with Crippen molar-refractivity contribution in [2.24, 2.45) is 0 Å². The van der Waals surface area contributed by atoms with Gasteiger partial charge in [-0.15, -0.1) is 23.1 Å². The molecule has 0 aliphatic heterocycles. The van der Waals surface area contributed by atoms with Crippen LogP contribution in [0.25, 0.3) is 0 Å². The molecule has 0 saturated carbocycles. The van der Waals surface area contributed by atoms with E-state index < -0.39 is 0 Å². The highest BCUT2D eigenvalue weighted by Gasteiger charge is 2.12. The van der Waals surface area contributed by atoms with E-state index in [0.29, 0.717) is 17.0 Å². The fraction of sp³-hybridized carbons (Fsp3) is 0.182. The number of hydrogen-bond acceptors (Lipinski definition) is 4. The summed E-state index contributed by atoms with van der Waals surface area (Å²) in [5, 5.41) is 7.78. The molecule has 0 unspecified atom stereocenters. The molecule has 1 heterocycles. The van der Waals surface area contributed by atoms with Crippen LogP contribution < -0.4 is 10.6 Å². The van der Waals surface area contributed by atoms with Crippen molar-refractivity contribution in [2.45, 2.75) is 24.4 Å². The van der Waals surface area contributed by atoms with Crippen molar-refractivity contribution in [2.75, 3.05) is 6.26 Å². The summed E-state index contributed by atoms with van der Waals surface area (Å²) in [4.78, 5) is 26.4. The maximum Gasteiger partial charge on any atom is 0.261 e. The van der Waals surface area contributed by atoms with Gasteiger partial charge >= 0.3 is 0 Å². The molecular weight excluding hydrogens is 388 g/mol. The summed E-state index contributed by atoms with van der Waals surface area (Å²) >= 11 is 3.11. The van der Waals surface area contributed by atoms with Crippen molar-refractivity contribution in [3.05, 3.63) is 87.6 Å². The minimum Gasteiger partial charge on any atom is -0.347 e. The van der Waals surface area contributed by atoms with Crippen LogP contribution in [0.5, 0.6) is 0 Å². The van der Waals surface area contributed by atoms with Gasteiger partial charge in [0.05, 0.1) is 10.9 Å². The first-order valence-electron chi connectivity index (χ1n) is 8.92. The van der Waals surface area contributed by atoms with E-state index in [2.05, 4.69) is 22.8 Å². The lowest BCUT2D eigenvalue weighted by Gasteiger charge is -2.15. The smallest absolute Gasteiger partial charge is 0.261 e. The molecule has 144 valence electrons. The van der Waals surface area contributed by atoms with Gasteiger partial charge in [-0.3, -0.25) is 9.59 Å². The average molecular weight is 411 g/mol. The second-order valence-corrected chi connectivity index (χ2v) is 8.15. The first-order valence-corrected chi connectivity index (χ1v) is 11.0. The van der Waals surface area contributed by atoms with Crippen molar-refractivity contribution >= 4 is 34.9 Å². The van der Waals surface area contributed by atoms with Gasteiger partial charge in [-0.05, 0) is 60.0 Å². The fourth-order valence-electron chi connectivity index (χ4n) is 2.71. The molecule has 0 radical (unpaired) electrons. The van der Waals surface area contributed by atoms with Crippen molar-refractivity contribution in [3.63, 3.8) is 0 Å². The summed E-state index contributed by atoms with van der Waals surface area (Å²) in [5.41, 5.74) is 2.61. The molecule has 4 nitrogen and oxygen atoms in total. The molecule has 0 saturated heterocycles. The van der Waals surface area contributed by atoms with E-state index in [4.69, 9.17) is 0 Å². The molecule has 2 aromatic carbocycles. The Bertz CT molecular complexity index is 920. The van der Waals surface area contributed by atoms with Gasteiger partial charge in [0.15, 0.2) is 0 Å².